The molecule has 11 nitrogen and oxygen atoms in total. The highest BCUT2D eigenvalue weighted by Gasteiger charge is 2.85. The van der Waals surface area contributed by atoms with Crippen LogP contribution in [0, 0.1) is 50.7 Å². The number of hydrogen-bond acceptors (Lipinski definition) is 11. The Hall–Kier alpha value is -0.890. The molecule has 5 saturated carbocycles. The van der Waals surface area contributed by atoms with E-state index in [4.69, 9.17) is 14.2 Å². The van der Waals surface area contributed by atoms with Crippen molar-refractivity contribution in [2.45, 2.75) is 174 Å². The van der Waals surface area contributed by atoms with E-state index in [2.05, 4.69) is 34.6 Å². The third-order valence-corrected chi connectivity index (χ3v) is 15.9. The van der Waals surface area contributed by atoms with Crippen LogP contribution in [0.3, 0.4) is 0 Å². The van der Waals surface area contributed by atoms with Crippen molar-refractivity contribution in [1.29, 1.82) is 0 Å². The lowest BCUT2D eigenvalue weighted by Gasteiger charge is -2.69. The van der Waals surface area contributed by atoms with E-state index >= 15 is 0 Å². The third kappa shape index (κ3) is 5.41. The second-order valence-corrected chi connectivity index (χ2v) is 18.9. The SMILES string of the molecule is CC(=O)O[C@@H]1CC[C@]2(C)[C@H]3CC[C@]45C[C@]4(CC[C@H]5[C@H](C)C[C@H](O)[C@H](O)C(C)(C)O)[C@]3(C)[C@H](O[C@@H]3O[C@H](CO)[C@@H](O)[C@H](O)[C@H]3O)C[C@H]2C1(C)C. The molecule has 7 N–H and O–H groups in total. The Morgan fingerprint density at radius 3 is 2.22 bits per heavy atom. The lowest BCUT2D eigenvalue weighted by atomic mass is 9.37. The lowest BCUT2D eigenvalue weighted by molar-refractivity contribution is -0.344. The van der Waals surface area contributed by atoms with Crippen molar-refractivity contribution in [2.75, 3.05) is 6.61 Å². The molecule has 0 radical (unpaired) electrons. The molecule has 49 heavy (non-hydrogen) atoms. The molecule has 5 aliphatic carbocycles. The molecule has 17 atom stereocenters. The zero-order valence-electron chi connectivity index (χ0n) is 30.8. The number of ether oxygens (including phenoxy) is 3. The molecule has 6 rings (SSSR count). The number of esters is 1. The van der Waals surface area contributed by atoms with Crippen molar-refractivity contribution >= 4 is 5.97 Å². The number of aliphatic hydroxyl groups is 7. The second kappa shape index (κ2) is 12.3. The van der Waals surface area contributed by atoms with Crippen LogP contribution in [-0.2, 0) is 19.0 Å². The maximum Gasteiger partial charge on any atom is 0.302 e. The van der Waals surface area contributed by atoms with Gasteiger partial charge in [0.05, 0.1) is 24.4 Å². The van der Waals surface area contributed by atoms with Crippen LogP contribution in [0.4, 0.5) is 0 Å². The smallest absolute Gasteiger partial charge is 0.302 e. The van der Waals surface area contributed by atoms with Gasteiger partial charge in [-0.2, -0.15) is 0 Å². The molecule has 0 aromatic carbocycles. The Morgan fingerprint density at radius 2 is 1.61 bits per heavy atom. The Bertz CT molecular complexity index is 1250. The van der Waals surface area contributed by atoms with Crippen molar-refractivity contribution < 1.29 is 54.8 Å². The number of fused-ring (bicyclic) bond motifs is 3. The van der Waals surface area contributed by atoms with E-state index in [-0.39, 0.29) is 56.9 Å². The van der Waals surface area contributed by atoms with Crippen molar-refractivity contribution in [3.63, 3.8) is 0 Å². The van der Waals surface area contributed by atoms with Crippen LogP contribution in [0.1, 0.15) is 113 Å². The maximum absolute atomic E-state index is 12.2. The molecule has 282 valence electrons. The van der Waals surface area contributed by atoms with Gasteiger partial charge >= 0.3 is 5.97 Å². The lowest BCUT2D eigenvalue weighted by Crippen LogP contribution is -2.68. The molecule has 11 heteroatoms. The van der Waals surface area contributed by atoms with Gasteiger partial charge in [-0.05, 0) is 112 Å². The summed E-state index contributed by atoms with van der Waals surface area (Å²) < 4.78 is 18.9. The molecule has 0 unspecified atom stereocenters. The average Bonchev–Trinajstić information content (AvgIpc) is 3.58. The van der Waals surface area contributed by atoms with Crippen molar-refractivity contribution in [3.05, 3.63) is 0 Å². The fourth-order valence-electron chi connectivity index (χ4n) is 13.5. The molecule has 0 aromatic rings. The highest BCUT2D eigenvalue weighted by atomic mass is 16.7. The molecule has 1 aliphatic heterocycles. The molecule has 1 heterocycles. The first kappa shape index (κ1) is 37.9. The summed E-state index contributed by atoms with van der Waals surface area (Å²) in [6.45, 7) is 15.3. The molecular weight excluding hydrogens is 632 g/mol. The number of carbonyl (C=O) groups is 1. The van der Waals surface area contributed by atoms with Crippen LogP contribution in [-0.4, -0.2) is 109 Å². The summed E-state index contributed by atoms with van der Waals surface area (Å²) in [4.78, 5) is 12.2. The van der Waals surface area contributed by atoms with Crippen LogP contribution in [0.2, 0.25) is 0 Å². The van der Waals surface area contributed by atoms with Crippen LogP contribution in [0.15, 0.2) is 0 Å². The van der Waals surface area contributed by atoms with E-state index < -0.39 is 61.2 Å². The molecule has 6 aliphatic rings. The number of carbonyl (C=O) groups excluding carboxylic acids is 1. The maximum atomic E-state index is 12.2. The summed E-state index contributed by atoms with van der Waals surface area (Å²) in [6, 6.07) is 0. The van der Waals surface area contributed by atoms with Crippen molar-refractivity contribution in [1.82, 2.24) is 0 Å². The molecule has 0 amide bonds. The third-order valence-electron chi connectivity index (χ3n) is 15.9. The molecular formula is C38H64O11. The summed E-state index contributed by atoms with van der Waals surface area (Å²) in [6.07, 6.45) is -2.03. The fourth-order valence-corrected chi connectivity index (χ4v) is 13.5. The minimum absolute atomic E-state index is 0.0295. The first-order chi connectivity index (χ1) is 22.6. The minimum Gasteiger partial charge on any atom is -0.462 e. The van der Waals surface area contributed by atoms with Gasteiger partial charge in [-0.3, -0.25) is 4.79 Å². The summed E-state index contributed by atoms with van der Waals surface area (Å²) in [5, 5.41) is 74.4. The second-order valence-electron chi connectivity index (χ2n) is 18.9. The Morgan fingerprint density at radius 1 is 0.939 bits per heavy atom. The van der Waals surface area contributed by atoms with Gasteiger partial charge in [0.15, 0.2) is 6.29 Å². The van der Waals surface area contributed by atoms with Gasteiger partial charge < -0.3 is 50.0 Å². The van der Waals surface area contributed by atoms with E-state index in [1.54, 1.807) is 0 Å². The standard InChI is InChI=1S/C38H64O11/c1-19(15-22(41)31(45)34(5,6)46)21-9-14-38-18-37(21,38)13-10-24-35(7)12-11-26(47-20(2)40)33(3,4)25(35)16-27(36(24,38)8)49-32-30(44)29(43)28(42)23(17-39)48-32/h19,21-32,39,41-46H,9-18H2,1-8H3/t19-,21+,22+,23-,24-,25+,26-,27-,28-,29+,30-,31+,32+,35-,36+,37-,38-/m1/s1. The number of hydrogen-bond donors (Lipinski definition) is 7. The fraction of sp³-hybridized carbons (Fsp3) is 0.974. The summed E-state index contributed by atoms with van der Waals surface area (Å²) >= 11 is 0. The molecule has 1 saturated heterocycles. The highest BCUT2D eigenvalue weighted by molar-refractivity contribution is 5.66. The van der Waals surface area contributed by atoms with Gasteiger partial charge in [0.25, 0.3) is 0 Å². The zero-order chi connectivity index (χ0) is 36.3. The van der Waals surface area contributed by atoms with Gasteiger partial charge in [0.2, 0.25) is 0 Å². The van der Waals surface area contributed by atoms with Gasteiger partial charge in [-0.1, -0.05) is 34.6 Å². The minimum atomic E-state index is -1.54. The van der Waals surface area contributed by atoms with Crippen LogP contribution >= 0.6 is 0 Å². The first-order valence-electron chi connectivity index (χ1n) is 18.8. The summed E-state index contributed by atoms with van der Waals surface area (Å²) in [5.41, 5.74) is -2.24. The predicted molar refractivity (Wildman–Crippen MR) is 179 cm³/mol. The molecule has 0 spiro atoms. The van der Waals surface area contributed by atoms with Crippen molar-refractivity contribution in [2.24, 2.45) is 50.7 Å². The van der Waals surface area contributed by atoms with E-state index in [0.717, 1.165) is 44.9 Å². The van der Waals surface area contributed by atoms with E-state index in [1.807, 2.05) is 0 Å². The van der Waals surface area contributed by atoms with Gasteiger partial charge in [0.1, 0.15) is 36.6 Å². The largest absolute Gasteiger partial charge is 0.462 e. The topological polar surface area (TPSA) is 186 Å². The number of aliphatic hydroxyl groups excluding tert-OH is 6. The van der Waals surface area contributed by atoms with Gasteiger partial charge in [-0.15, -0.1) is 0 Å². The van der Waals surface area contributed by atoms with Gasteiger partial charge in [-0.25, -0.2) is 0 Å². The van der Waals surface area contributed by atoms with Gasteiger partial charge in [0, 0.05) is 17.8 Å². The summed E-state index contributed by atoms with van der Waals surface area (Å²) in [5.74, 6) is 0.513. The first-order valence-corrected chi connectivity index (χ1v) is 18.8. The Balaban J connectivity index is 1.36. The van der Waals surface area contributed by atoms with Crippen LogP contribution in [0.25, 0.3) is 0 Å². The number of rotatable bonds is 9. The molecule has 6 fully saturated rings. The van der Waals surface area contributed by atoms with Crippen LogP contribution < -0.4 is 0 Å². The molecule has 0 bridgehead atoms. The van der Waals surface area contributed by atoms with Crippen molar-refractivity contribution in [3.8, 4) is 0 Å². The van der Waals surface area contributed by atoms with E-state index in [1.165, 1.54) is 20.8 Å². The average molecular weight is 697 g/mol. The summed E-state index contributed by atoms with van der Waals surface area (Å²) in [7, 11) is 0. The quantitative estimate of drug-likeness (QED) is 0.139. The predicted octanol–water partition coefficient (Wildman–Crippen LogP) is 2.67. The Kier molecular flexibility index (Phi) is 9.53. The van der Waals surface area contributed by atoms with E-state index in [9.17, 15) is 40.5 Å². The molecule has 0 aromatic heterocycles. The highest BCUT2D eigenvalue weighted by Crippen LogP contribution is 2.91. The van der Waals surface area contributed by atoms with Crippen LogP contribution in [0.5, 0.6) is 0 Å². The Labute approximate surface area is 291 Å². The normalized spacial score (nSPS) is 50.6. The zero-order valence-corrected chi connectivity index (χ0v) is 30.8. The monoisotopic (exact) mass is 696 g/mol. The van der Waals surface area contributed by atoms with E-state index in [0.29, 0.717) is 18.8 Å².